The molecule has 2 N–H and O–H groups in total. The van der Waals surface area contributed by atoms with Gasteiger partial charge in [-0.2, -0.15) is 5.10 Å². The van der Waals surface area contributed by atoms with Gasteiger partial charge < -0.3 is 15.1 Å². The SMILES string of the molecule is Cc1ccc(CNC(=O)c2cccc(Nc3ccc(CC(C)C)nn3)c2)o1. The Morgan fingerprint density at radius 2 is 1.96 bits per heavy atom. The molecule has 6 nitrogen and oxygen atoms in total. The summed E-state index contributed by atoms with van der Waals surface area (Å²) in [6.07, 6.45) is 0.901. The lowest BCUT2D eigenvalue weighted by Gasteiger charge is -2.09. The number of aromatic nitrogens is 2. The van der Waals surface area contributed by atoms with E-state index in [1.807, 2.05) is 43.3 Å². The third-order valence-electron chi connectivity index (χ3n) is 3.95. The summed E-state index contributed by atoms with van der Waals surface area (Å²) in [6.45, 7) is 6.53. The number of benzene rings is 1. The standard InChI is InChI=1S/C21H24N4O2/c1-14(2)11-18-8-10-20(25-24-18)23-17-6-4-5-16(12-17)21(26)22-13-19-9-7-15(3)27-19/h4-10,12,14H,11,13H2,1-3H3,(H,22,26)(H,23,25). The minimum absolute atomic E-state index is 0.161. The van der Waals surface area contributed by atoms with E-state index < -0.39 is 0 Å². The quantitative estimate of drug-likeness (QED) is 0.655. The number of anilines is 2. The van der Waals surface area contributed by atoms with Crippen molar-refractivity contribution >= 4 is 17.4 Å². The molecule has 0 saturated heterocycles. The summed E-state index contributed by atoms with van der Waals surface area (Å²) in [6, 6.07) is 14.9. The summed E-state index contributed by atoms with van der Waals surface area (Å²) >= 11 is 0. The minimum atomic E-state index is -0.161. The van der Waals surface area contributed by atoms with Gasteiger partial charge in [-0.3, -0.25) is 4.79 Å². The van der Waals surface area contributed by atoms with E-state index >= 15 is 0 Å². The smallest absolute Gasteiger partial charge is 0.251 e. The van der Waals surface area contributed by atoms with Crippen LogP contribution in [0, 0.1) is 12.8 Å². The Hall–Kier alpha value is -3.15. The van der Waals surface area contributed by atoms with Gasteiger partial charge in [0.15, 0.2) is 5.82 Å². The molecular formula is C21H24N4O2. The van der Waals surface area contributed by atoms with E-state index in [9.17, 15) is 4.79 Å². The van der Waals surface area contributed by atoms with Crippen LogP contribution >= 0.6 is 0 Å². The van der Waals surface area contributed by atoms with Crippen LogP contribution in [0.1, 0.15) is 41.4 Å². The monoisotopic (exact) mass is 364 g/mol. The summed E-state index contributed by atoms with van der Waals surface area (Å²) in [5.74, 6) is 2.58. The van der Waals surface area contributed by atoms with E-state index in [1.165, 1.54) is 0 Å². The van der Waals surface area contributed by atoms with Crippen LogP contribution in [0.25, 0.3) is 0 Å². The Morgan fingerprint density at radius 3 is 2.63 bits per heavy atom. The molecule has 0 saturated carbocycles. The summed E-state index contributed by atoms with van der Waals surface area (Å²) in [7, 11) is 0. The fourth-order valence-corrected chi connectivity index (χ4v) is 2.69. The number of carbonyl (C=O) groups excluding carboxylic acids is 1. The van der Waals surface area contributed by atoms with Crippen molar-refractivity contribution in [2.24, 2.45) is 5.92 Å². The van der Waals surface area contributed by atoms with Crippen molar-refractivity contribution in [3.05, 3.63) is 71.3 Å². The number of nitrogens with zero attached hydrogens (tertiary/aromatic N) is 2. The van der Waals surface area contributed by atoms with Crippen molar-refractivity contribution in [1.29, 1.82) is 0 Å². The topological polar surface area (TPSA) is 80.0 Å². The lowest BCUT2D eigenvalue weighted by molar-refractivity contribution is 0.0948. The van der Waals surface area contributed by atoms with E-state index in [2.05, 4.69) is 34.7 Å². The highest BCUT2D eigenvalue weighted by molar-refractivity contribution is 5.95. The van der Waals surface area contributed by atoms with Gasteiger partial charge in [0.2, 0.25) is 0 Å². The Bertz CT molecular complexity index is 901. The average molecular weight is 364 g/mol. The first kappa shape index (κ1) is 18.6. The van der Waals surface area contributed by atoms with Gasteiger partial charge in [0.1, 0.15) is 11.5 Å². The van der Waals surface area contributed by atoms with Gasteiger partial charge in [-0.25, -0.2) is 0 Å². The molecule has 2 heterocycles. The first-order valence-corrected chi connectivity index (χ1v) is 9.03. The third-order valence-corrected chi connectivity index (χ3v) is 3.95. The van der Waals surface area contributed by atoms with Gasteiger partial charge in [0.25, 0.3) is 5.91 Å². The van der Waals surface area contributed by atoms with Crippen molar-refractivity contribution in [2.45, 2.75) is 33.7 Å². The van der Waals surface area contributed by atoms with Crippen LogP contribution in [-0.4, -0.2) is 16.1 Å². The molecule has 140 valence electrons. The van der Waals surface area contributed by atoms with E-state index in [0.717, 1.165) is 29.3 Å². The number of nitrogens with one attached hydrogen (secondary N) is 2. The van der Waals surface area contributed by atoms with E-state index in [4.69, 9.17) is 4.42 Å². The number of furan rings is 1. The number of aryl methyl sites for hydroxylation is 1. The van der Waals surface area contributed by atoms with Crippen LogP contribution in [0.3, 0.4) is 0 Å². The molecule has 0 fully saturated rings. The summed E-state index contributed by atoms with van der Waals surface area (Å²) in [5.41, 5.74) is 2.31. The fourth-order valence-electron chi connectivity index (χ4n) is 2.69. The molecule has 27 heavy (non-hydrogen) atoms. The molecule has 0 aliphatic carbocycles. The van der Waals surface area contributed by atoms with E-state index in [1.54, 1.807) is 12.1 Å². The largest absolute Gasteiger partial charge is 0.465 e. The molecule has 0 radical (unpaired) electrons. The van der Waals surface area contributed by atoms with Crippen LogP contribution in [0.2, 0.25) is 0 Å². The molecule has 0 unspecified atom stereocenters. The first-order valence-electron chi connectivity index (χ1n) is 9.03. The summed E-state index contributed by atoms with van der Waals surface area (Å²) < 4.78 is 5.46. The predicted molar refractivity (Wildman–Crippen MR) is 105 cm³/mol. The van der Waals surface area contributed by atoms with Gasteiger partial charge in [-0.05, 0) is 61.7 Å². The maximum Gasteiger partial charge on any atom is 0.251 e. The first-order chi connectivity index (χ1) is 13.0. The number of amides is 1. The highest BCUT2D eigenvalue weighted by atomic mass is 16.3. The van der Waals surface area contributed by atoms with Crippen molar-refractivity contribution in [3.63, 3.8) is 0 Å². The molecule has 3 rings (SSSR count). The molecule has 0 bridgehead atoms. The van der Waals surface area contributed by atoms with Crippen molar-refractivity contribution in [1.82, 2.24) is 15.5 Å². The maximum atomic E-state index is 12.4. The molecule has 0 spiro atoms. The van der Waals surface area contributed by atoms with Crippen LogP contribution in [0.15, 0.2) is 52.9 Å². The fraction of sp³-hybridized carbons (Fsp3) is 0.286. The highest BCUT2D eigenvalue weighted by Crippen LogP contribution is 2.16. The van der Waals surface area contributed by atoms with Crippen molar-refractivity contribution in [2.75, 3.05) is 5.32 Å². The van der Waals surface area contributed by atoms with Crippen LogP contribution < -0.4 is 10.6 Å². The molecule has 2 aromatic heterocycles. The van der Waals surface area contributed by atoms with Gasteiger partial charge in [-0.15, -0.1) is 5.10 Å². The zero-order valence-corrected chi connectivity index (χ0v) is 15.8. The van der Waals surface area contributed by atoms with Gasteiger partial charge in [0, 0.05) is 11.3 Å². The van der Waals surface area contributed by atoms with E-state index in [0.29, 0.717) is 23.8 Å². The average Bonchev–Trinajstić information content (AvgIpc) is 3.06. The highest BCUT2D eigenvalue weighted by Gasteiger charge is 2.08. The number of hydrogen-bond donors (Lipinski definition) is 2. The maximum absolute atomic E-state index is 12.4. The van der Waals surface area contributed by atoms with E-state index in [-0.39, 0.29) is 5.91 Å². The third kappa shape index (κ3) is 5.41. The second kappa shape index (κ2) is 8.49. The van der Waals surface area contributed by atoms with Gasteiger partial charge in [0.05, 0.1) is 12.2 Å². The second-order valence-electron chi connectivity index (χ2n) is 6.91. The molecule has 0 aliphatic heterocycles. The zero-order chi connectivity index (χ0) is 19.2. The second-order valence-corrected chi connectivity index (χ2v) is 6.91. The zero-order valence-electron chi connectivity index (χ0n) is 15.8. The Labute approximate surface area is 159 Å². The number of hydrogen-bond acceptors (Lipinski definition) is 5. The lowest BCUT2D eigenvalue weighted by Crippen LogP contribution is -2.22. The predicted octanol–water partition coefficient (Wildman–Crippen LogP) is 4.25. The van der Waals surface area contributed by atoms with Crippen LogP contribution in [-0.2, 0) is 13.0 Å². The molecule has 1 amide bonds. The molecule has 6 heteroatoms. The van der Waals surface area contributed by atoms with Gasteiger partial charge >= 0.3 is 0 Å². The summed E-state index contributed by atoms with van der Waals surface area (Å²) in [5, 5.41) is 14.5. The lowest BCUT2D eigenvalue weighted by atomic mass is 10.1. The number of carbonyl (C=O) groups is 1. The molecule has 1 aromatic carbocycles. The van der Waals surface area contributed by atoms with Crippen molar-refractivity contribution < 1.29 is 9.21 Å². The normalized spacial score (nSPS) is 10.8. The Kier molecular flexibility index (Phi) is 5.86. The van der Waals surface area contributed by atoms with Crippen LogP contribution in [0.5, 0.6) is 0 Å². The molecular weight excluding hydrogens is 340 g/mol. The summed E-state index contributed by atoms with van der Waals surface area (Å²) in [4.78, 5) is 12.4. The van der Waals surface area contributed by atoms with Crippen molar-refractivity contribution in [3.8, 4) is 0 Å². The minimum Gasteiger partial charge on any atom is -0.465 e. The molecule has 0 atom stereocenters. The molecule has 3 aromatic rings. The van der Waals surface area contributed by atoms with Crippen LogP contribution in [0.4, 0.5) is 11.5 Å². The van der Waals surface area contributed by atoms with Gasteiger partial charge in [-0.1, -0.05) is 19.9 Å². The Balaban J connectivity index is 1.61. The Morgan fingerprint density at radius 1 is 1.11 bits per heavy atom. The number of rotatable bonds is 7. The molecule has 0 aliphatic rings.